The Morgan fingerprint density at radius 1 is 1.24 bits per heavy atom. The van der Waals surface area contributed by atoms with Crippen LogP contribution in [0.3, 0.4) is 0 Å². The summed E-state index contributed by atoms with van der Waals surface area (Å²) >= 11 is 11.8. The lowest BCUT2D eigenvalue weighted by Gasteiger charge is -2.12. The summed E-state index contributed by atoms with van der Waals surface area (Å²) in [4.78, 5) is 0. The molecule has 96 valence electrons. The highest BCUT2D eigenvalue weighted by Gasteiger charge is 2.06. The Bertz CT molecular complexity index is 344. The second-order valence-electron chi connectivity index (χ2n) is 4.11. The Balaban J connectivity index is 2.34. The molecule has 1 unspecified atom stereocenters. The topological polar surface area (TPSA) is 35.2 Å². The van der Waals surface area contributed by atoms with E-state index in [1.807, 2.05) is 12.1 Å². The normalized spacial score (nSPS) is 12.7. The Labute approximate surface area is 113 Å². The number of hydrogen-bond donors (Lipinski definition) is 1. The fourth-order valence-corrected chi connectivity index (χ4v) is 1.87. The van der Waals surface area contributed by atoms with Crippen LogP contribution in [0.1, 0.15) is 25.3 Å². The molecule has 0 spiro atoms. The molecule has 0 fully saturated rings. The van der Waals surface area contributed by atoms with E-state index >= 15 is 0 Å². The van der Waals surface area contributed by atoms with E-state index in [4.69, 9.17) is 33.7 Å². The molecule has 0 bridgehead atoms. The van der Waals surface area contributed by atoms with Crippen molar-refractivity contribution in [2.45, 2.75) is 32.2 Å². The molecule has 1 atom stereocenters. The van der Waals surface area contributed by atoms with Crippen LogP contribution in [0.25, 0.3) is 0 Å². The number of ether oxygens (including phenoxy) is 1. The van der Waals surface area contributed by atoms with Gasteiger partial charge in [0.15, 0.2) is 0 Å². The Morgan fingerprint density at radius 2 is 2.00 bits per heavy atom. The van der Waals surface area contributed by atoms with E-state index in [1.54, 1.807) is 6.07 Å². The molecule has 0 saturated carbocycles. The van der Waals surface area contributed by atoms with Gasteiger partial charge >= 0.3 is 0 Å². The molecule has 0 aliphatic rings. The van der Waals surface area contributed by atoms with E-state index in [0.29, 0.717) is 10.0 Å². The summed E-state index contributed by atoms with van der Waals surface area (Å²) in [6, 6.07) is 5.74. The van der Waals surface area contributed by atoms with Crippen LogP contribution < -0.4 is 5.73 Å². The molecule has 0 amide bonds. The Morgan fingerprint density at radius 3 is 2.65 bits per heavy atom. The molecule has 17 heavy (non-hydrogen) atoms. The smallest absolute Gasteiger partial charge is 0.0595 e. The standard InChI is InChI=1S/C13H19Cl2NO/c1-2-6-17-7-5-11(16)8-10-3-4-12(14)13(15)9-10/h3-4,9,11H,2,5-8,16H2,1H3. The van der Waals surface area contributed by atoms with Gasteiger partial charge in [0.2, 0.25) is 0 Å². The molecule has 1 rings (SSSR count). The van der Waals surface area contributed by atoms with Crippen molar-refractivity contribution in [1.82, 2.24) is 0 Å². The molecule has 0 heterocycles. The molecule has 0 saturated heterocycles. The maximum absolute atomic E-state index is 6.02. The van der Waals surface area contributed by atoms with Crippen LogP contribution in [0, 0.1) is 0 Å². The number of benzene rings is 1. The van der Waals surface area contributed by atoms with Gasteiger partial charge in [-0.1, -0.05) is 36.2 Å². The molecule has 2 N–H and O–H groups in total. The van der Waals surface area contributed by atoms with Gasteiger partial charge in [0, 0.05) is 19.3 Å². The van der Waals surface area contributed by atoms with Gasteiger partial charge in [0.05, 0.1) is 10.0 Å². The predicted molar refractivity (Wildman–Crippen MR) is 73.9 cm³/mol. The summed E-state index contributed by atoms with van der Waals surface area (Å²) < 4.78 is 5.41. The molecule has 0 aliphatic heterocycles. The minimum atomic E-state index is 0.101. The number of hydrogen-bond acceptors (Lipinski definition) is 2. The van der Waals surface area contributed by atoms with Crippen LogP contribution >= 0.6 is 23.2 Å². The van der Waals surface area contributed by atoms with Crippen LogP contribution in [0.4, 0.5) is 0 Å². The van der Waals surface area contributed by atoms with Crippen LogP contribution in [0.2, 0.25) is 10.0 Å². The van der Waals surface area contributed by atoms with E-state index in [-0.39, 0.29) is 6.04 Å². The molecule has 2 nitrogen and oxygen atoms in total. The number of nitrogens with two attached hydrogens (primary N) is 1. The molecule has 0 radical (unpaired) electrons. The predicted octanol–water partition coefficient (Wildman–Crippen LogP) is 3.68. The van der Waals surface area contributed by atoms with Gasteiger partial charge in [-0.05, 0) is 37.0 Å². The summed E-state index contributed by atoms with van der Waals surface area (Å²) in [5.41, 5.74) is 7.13. The fraction of sp³-hybridized carbons (Fsp3) is 0.538. The van der Waals surface area contributed by atoms with Crippen molar-refractivity contribution >= 4 is 23.2 Å². The first-order chi connectivity index (χ1) is 8.13. The highest BCUT2D eigenvalue weighted by molar-refractivity contribution is 6.42. The number of halogens is 2. The van der Waals surface area contributed by atoms with Crippen molar-refractivity contribution in [3.8, 4) is 0 Å². The van der Waals surface area contributed by atoms with Crippen LogP contribution in [-0.4, -0.2) is 19.3 Å². The Hall–Kier alpha value is -0.280. The third kappa shape index (κ3) is 5.73. The van der Waals surface area contributed by atoms with Gasteiger partial charge in [-0.15, -0.1) is 0 Å². The first-order valence-corrected chi connectivity index (χ1v) is 6.66. The lowest BCUT2D eigenvalue weighted by molar-refractivity contribution is 0.127. The van der Waals surface area contributed by atoms with Gasteiger partial charge in [0.1, 0.15) is 0 Å². The van der Waals surface area contributed by atoms with E-state index in [9.17, 15) is 0 Å². The van der Waals surface area contributed by atoms with E-state index in [2.05, 4.69) is 6.92 Å². The summed E-state index contributed by atoms with van der Waals surface area (Å²) in [5, 5.41) is 1.16. The molecule has 0 aliphatic carbocycles. The third-order valence-electron chi connectivity index (χ3n) is 2.46. The van der Waals surface area contributed by atoms with E-state index < -0.39 is 0 Å². The van der Waals surface area contributed by atoms with Gasteiger partial charge in [-0.2, -0.15) is 0 Å². The zero-order valence-electron chi connectivity index (χ0n) is 10.1. The maximum atomic E-state index is 6.02. The van der Waals surface area contributed by atoms with Gasteiger partial charge in [0.25, 0.3) is 0 Å². The lowest BCUT2D eigenvalue weighted by Crippen LogP contribution is -2.24. The first-order valence-electron chi connectivity index (χ1n) is 5.90. The van der Waals surface area contributed by atoms with Gasteiger partial charge in [-0.25, -0.2) is 0 Å². The van der Waals surface area contributed by atoms with Crippen molar-refractivity contribution in [2.75, 3.05) is 13.2 Å². The van der Waals surface area contributed by atoms with Crippen molar-refractivity contribution in [2.24, 2.45) is 5.73 Å². The number of rotatable bonds is 7. The SMILES string of the molecule is CCCOCCC(N)Cc1ccc(Cl)c(Cl)c1. The molecule has 0 aromatic heterocycles. The molecular weight excluding hydrogens is 257 g/mol. The average molecular weight is 276 g/mol. The summed E-state index contributed by atoms with van der Waals surface area (Å²) in [5.74, 6) is 0. The molecule has 1 aromatic rings. The monoisotopic (exact) mass is 275 g/mol. The highest BCUT2D eigenvalue weighted by Crippen LogP contribution is 2.23. The minimum Gasteiger partial charge on any atom is -0.381 e. The van der Waals surface area contributed by atoms with Crippen LogP contribution in [0.15, 0.2) is 18.2 Å². The first kappa shape index (κ1) is 14.8. The third-order valence-corrected chi connectivity index (χ3v) is 3.20. The lowest BCUT2D eigenvalue weighted by atomic mass is 10.0. The second kappa shape index (κ2) is 7.93. The van der Waals surface area contributed by atoms with Crippen molar-refractivity contribution in [3.63, 3.8) is 0 Å². The molecule has 1 aromatic carbocycles. The summed E-state index contributed by atoms with van der Waals surface area (Å²) in [6.07, 6.45) is 2.70. The zero-order chi connectivity index (χ0) is 12.7. The van der Waals surface area contributed by atoms with E-state index in [1.165, 1.54) is 0 Å². The Kier molecular flexibility index (Phi) is 6.90. The zero-order valence-corrected chi connectivity index (χ0v) is 11.6. The van der Waals surface area contributed by atoms with Crippen LogP contribution in [0.5, 0.6) is 0 Å². The maximum Gasteiger partial charge on any atom is 0.0595 e. The molecular formula is C13H19Cl2NO. The highest BCUT2D eigenvalue weighted by atomic mass is 35.5. The van der Waals surface area contributed by atoms with Crippen molar-refractivity contribution in [1.29, 1.82) is 0 Å². The minimum absolute atomic E-state index is 0.101. The second-order valence-corrected chi connectivity index (χ2v) is 4.93. The van der Waals surface area contributed by atoms with Crippen LogP contribution in [-0.2, 0) is 11.2 Å². The van der Waals surface area contributed by atoms with Gasteiger partial charge in [-0.3, -0.25) is 0 Å². The van der Waals surface area contributed by atoms with Crippen molar-refractivity contribution in [3.05, 3.63) is 33.8 Å². The quantitative estimate of drug-likeness (QED) is 0.771. The average Bonchev–Trinajstić information content (AvgIpc) is 2.30. The van der Waals surface area contributed by atoms with Gasteiger partial charge < -0.3 is 10.5 Å². The summed E-state index contributed by atoms with van der Waals surface area (Å²) in [7, 11) is 0. The van der Waals surface area contributed by atoms with E-state index in [0.717, 1.165) is 38.0 Å². The van der Waals surface area contributed by atoms with Crippen molar-refractivity contribution < 1.29 is 4.74 Å². The fourth-order valence-electron chi connectivity index (χ4n) is 1.55. The molecule has 4 heteroatoms. The summed E-state index contributed by atoms with van der Waals surface area (Å²) in [6.45, 7) is 3.62. The largest absolute Gasteiger partial charge is 0.381 e.